The zero-order chi connectivity index (χ0) is 31.5. The number of alkyl carbamates (subject to hydrolysis) is 1. The van der Waals surface area contributed by atoms with Crippen LogP contribution in [0.4, 0.5) is 20.6 Å². The van der Waals surface area contributed by atoms with Crippen molar-refractivity contribution in [3.05, 3.63) is 78.1 Å². The van der Waals surface area contributed by atoms with Crippen molar-refractivity contribution in [2.75, 3.05) is 25.0 Å². The van der Waals surface area contributed by atoms with Crippen molar-refractivity contribution in [1.82, 2.24) is 9.62 Å². The minimum Gasteiger partial charge on any atom is -0.444 e. The summed E-state index contributed by atoms with van der Waals surface area (Å²) >= 11 is 0. The molecule has 7 nitrogen and oxygen atoms in total. The summed E-state index contributed by atoms with van der Waals surface area (Å²) < 4.78 is 49.6. The number of ether oxygens (including phenoxy) is 1. The second-order valence-corrected chi connectivity index (χ2v) is 14.4. The first-order valence-corrected chi connectivity index (χ1v) is 16.6. The number of para-hydroxylation sites is 1. The number of halogens is 1. The average Bonchev–Trinajstić information content (AvgIpc) is 3.07. The van der Waals surface area contributed by atoms with Gasteiger partial charge in [-0.25, -0.2) is 17.6 Å². The van der Waals surface area contributed by atoms with Crippen molar-refractivity contribution >= 4 is 27.5 Å². The maximum Gasteiger partial charge on any atom is 0.408 e. The van der Waals surface area contributed by atoms with E-state index >= 15 is 0 Å². The summed E-state index contributed by atoms with van der Waals surface area (Å²) in [4.78, 5) is 14.4. The minimum atomic E-state index is -3.91. The summed E-state index contributed by atoms with van der Waals surface area (Å²) in [6.07, 6.45) is 4.77. The molecule has 0 unspecified atom stereocenters. The number of anilines is 2. The number of hydrogen-bond donors (Lipinski definition) is 1. The van der Waals surface area contributed by atoms with Crippen LogP contribution in [0.5, 0.6) is 0 Å². The van der Waals surface area contributed by atoms with E-state index in [2.05, 4.69) is 22.1 Å². The van der Waals surface area contributed by atoms with Gasteiger partial charge in [0.1, 0.15) is 16.3 Å². The molecule has 9 heteroatoms. The summed E-state index contributed by atoms with van der Waals surface area (Å²) in [6.45, 7) is 5.88. The molecule has 44 heavy (non-hydrogen) atoms. The van der Waals surface area contributed by atoms with Crippen molar-refractivity contribution in [2.45, 2.75) is 69.4 Å². The van der Waals surface area contributed by atoms with E-state index in [4.69, 9.17) is 4.74 Å². The number of sulfonamides is 1. The van der Waals surface area contributed by atoms with E-state index in [0.717, 1.165) is 31.4 Å². The van der Waals surface area contributed by atoms with Crippen LogP contribution in [-0.4, -0.2) is 50.6 Å². The van der Waals surface area contributed by atoms with Gasteiger partial charge >= 0.3 is 6.09 Å². The van der Waals surface area contributed by atoms with Gasteiger partial charge in [0.2, 0.25) is 10.0 Å². The van der Waals surface area contributed by atoms with E-state index in [9.17, 15) is 17.6 Å². The highest BCUT2D eigenvalue weighted by atomic mass is 32.2. The molecular weight excluding hydrogens is 577 g/mol. The second kappa shape index (κ2) is 13.0. The molecule has 1 aliphatic carbocycles. The third-order valence-electron chi connectivity index (χ3n) is 8.24. The van der Waals surface area contributed by atoms with Crippen LogP contribution in [0.2, 0.25) is 0 Å². The predicted molar refractivity (Wildman–Crippen MR) is 172 cm³/mol. The largest absolute Gasteiger partial charge is 0.444 e. The Morgan fingerprint density at radius 1 is 1.02 bits per heavy atom. The molecule has 1 fully saturated rings. The molecule has 1 N–H and O–H groups in total. The van der Waals surface area contributed by atoms with Crippen LogP contribution in [0.1, 0.15) is 58.4 Å². The molecular formula is C35H40FN3O4S. The van der Waals surface area contributed by atoms with E-state index in [0.29, 0.717) is 28.9 Å². The molecule has 0 bridgehead atoms. The fraction of sp³-hybridized carbons (Fsp3) is 0.400. The molecule has 1 saturated carbocycles. The Labute approximate surface area is 260 Å². The first kappa shape index (κ1) is 31.6. The van der Waals surface area contributed by atoms with Gasteiger partial charge in [-0.3, -0.25) is 0 Å². The molecule has 232 valence electrons. The number of carbonyl (C=O) groups is 1. The maximum atomic E-state index is 14.4. The first-order valence-electron chi connectivity index (χ1n) is 15.1. The summed E-state index contributed by atoms with van der Waals surface area (Å²) in [6, 6.07) is 19.0. The number of nitrogens with zero attached hydrogens (tertiary/aromatic N) is 2. The van der Waals surface area contributed by atoms with Gasteiger partial charge in [-0.1, -0.05) is 61.4 Å². The smallest absolute Gasteiger partial charge is 0.408 e. The van der Waals surface area contributed by atoms with Crippen molar-refractivity contribution in [3.8, 4) is 23.0 Å². The van der Waals surface area contributed by atoms with E-state index in [1.807, 2.05) is 36.4 Å². The van der Waals surface area contributed by atoms with Crippen molar-refractivity contribution in [2.24, 2.45) is 5.92 Å². The standard InChI is InChI=1S/C35H40FN3O4S/c1-35(2,3)43-34(40)37-21-11-14-27-22-31-33(23-30(27)25-17-19-28(36)20-18-25)44(41,42)38(4)32(26-12-7-5-8-13-26)24-39(31)29-15-9-6-10-16-29/h6,9-10,15-20,22-23,26,32H,5,7-8,12-13,21,24H2,1-4H3,(H,37,40)/t32-/m0/s1. The molecule has 5 rings (SSSR count). The highest BCUT2D eigenvalue weighted by molar-refractivity contribution is 7.89. The molecule has 2 aliphatic rings. The van der Waals surface area contributed by atoms with E-state index < -0.39 is 27.5 Å². The van der Waals surface area contributed by atoms with Gasteiger partial charge < -0.3 is 15.0 Å². The molecule has 3 aromatic carbocycles. The van der Waals surface area contributed by atoms with Crippen LogP contribution in [0, 0.1) is 23.6 Å². The Bertz CT molecular complexity index is 1650. The number of amides is 1. The number of nitrogens with one attached hydrogen (secondary N) is 1. The molecule has 0 saturated heterocycles. The van der Waals surface area contributed by atoms with Crippen LogP contribution in [0.25, 0.3) is 11.1 Å². The molecule has 1 atom stereocenters. The normalized spacial score (nSPS) is 18.8. The summed E-state index contributed by atoms with van der Waals surface area (Å²) in [5.41, 5.74) is 2.55. The summed E-state index contributed by atoms with van der Waals surface area (Å²) in [7, 11) is -2.22. The van der Waals surface area contributed by atoms with Crippen LogP contribution in [0.3, 0.4) is 0 Å². The number of hydrogen-bond acceptors (Lipinski definition) is 5. The fourth-order valence-electron chi connectivity index (χ4n) is 6.08. The van der Waals surface area contributed by atoms with Gasteiger partial charge in [0, 0.05) is 30.9 Å². The minimum absolute atomic E-state index is 0.0298. The van der Waals surface area contributed by atoms with Gasteiger partial charge in [-0.15, -0.1) is 0 Å². The first-order chi connectivity index (χ1) is 20.9. The lowest BCUT2D eigenvalue weighted by Gasteiger charge is -2.36. The highest BCUT2D eigenvalue weighted by Gasteiger charge is 2.41. The topological polar surface area (TPSA) is 79.0 Å². The van der Waals surface area contributed by atoms with Crippen molar-refractivity contribution in [3.63, 3.8) is 0 Å². The Morgan fingerprint density at radius 2 is 1.70 bits per heavy atom. The molecule has 0 spiro atoms. The molecule has 0 radical (unpaired) electrons. The third-order valence-corrected chi connectivity index (χ3v) is 10.2. The molecule has 0 aromatic heterocycles. The van der Waals surface area contributed by atoms with E-state index in [1.165, 1.54) is 18.6 Å². The fourth-order valence-corrected chi connectivity index (χ4v) is 7.68. The quantitative estimate of drug-likeness (QED) is 0.316. The van der Waals surface area contributed by atoms with Gasteiger partial charge in [-0.05, 0) is 87.1 Å². The zero-order valence-electron chi connectivity index (χ0n) is 25.8. The van der Waals surface area contributed by atoms with Crippen LogP contribution in [-0.2, 0) is 14.8 Å². The number of likely N-dealkylation sites (N-methyl/N-ethyl adjacent to an activating group) is 1. The third kappa shape index (κ3) is 7.09. The Balaban J connectivity index is 1.64. The summed E-state index contributed by atoms with van der Waals surface area (Å²) in [5, 5.41) is 2.65. The van der Waals surface area contributed by atoms with Gasteiger partial charge in [-0.2, -0.15) is 4.31 Å². The average molecular weight is 618 g/mol. The Kier molecular flexibility index (Phi) is 9.33. The SMILES string of the molecule is CN1[C@H](C2CCCCC2)CN(c2ccccc2)c2cc(C#CCNC(=O)OC(C)(C)C)c(-c3ccc(F)cc3)cc2S1(=O)=O. The number of carbonyl (C=O) groups excluding carboxylic acids is 1. The molecule has 1 heterocycles. The Hall–Kier alpha value is -3.87. The van der Waals surface area contributed by atoms with Crippen LogP contribution < -0.4 is 10.2 Å². The second-order valence-electron chi connectivity index (χ2n) is 12.5. The van der Waals surface area contributed by atoms with E-state index in [-0.39, 0.29) is 23.4 Å². The predicted octanol–water partition coefficient (Wildman–Crippen LogP) is 7.09. The molecule has 3 aromatic rings. The van der Waals surface area contributed by atoms with E-state index in [1.54, 1.807) is 50.3 Å². The van der Waals surface area contributed by atoms with Gasteiger partial charge in [0.25, 0.3) is 0 Å². The van der Waals surface area contributed by atoms with Crippen molar-refractivity contribution in [1.29, 1.82) is 0 Å². The lowest BCUT2D eigenvalue weighted by atomic mass is 9.83. The number of benzene rings is 3. The Morgan fingerprint density at radius 3 is 2.36 bits per heavy atom. The van der Waals surface area contributed by atoms with Crippen LogP contribution >= 0.6 is 0 Å². The zero-order valence-corrected chi connectivity index (χ0v) is 26.6. The summed E-state index contributed by atoms with van der Waals surface area (Å²) in [5.74, 6) is 6.00. The molecule has 1 aliphatic heterocycles. The monoisotopic (exact) mass is 617 g/mol. The number of rotatable bonds is 4. The van der Waals surface area contributed by atoms with Crippen LogP contribution in [0.15, 0.2) is 71.6 Å². The lowest BCUT2D eigenvalue weighted by Crippen LogP contribution is -2.46. The van der Waals surface area contributed by atoms with Crippen molar-refractivity contribution < 1.29 is 22.3 Å². The maximum absolute atomic E-state index is 14.4. The molecule has 1 amide bonds. The van der Waals surface area contributed by atoms with Gasteiger partial charge in [0.15, 0.2) is 0 Å². The number of fused-ring (bicyclic) bond motifs is 1. The highest BCUT2D eigenvalue weighted by Crippen LogP contribution is 2.43. The lowest BCUT2D eigenvalue weighted by molar-refractivity contribution is 0.0535. The van der Waals surface area contributed by atoms with Gasteiger partial charge in [0.05, 0.1) is 12.2 Å².